The molecule has 1 atom stereocenters. The number of rotatable bonds is 3. The fourth-order valence-corrected chi connectivity index (χ4v) is 5.36. The summed E-state index contributed by atoms with van der Waals surface area (Å²) in [6.45, 7) is 0.0621. The number of carbonyl (C=O) groups is 1. The molecule has 0 bridgehead atoms. The topological polar surface area (TPSA) is 49.3 Å². The van der Waals surface area contributed by atoms with Crippen molar-refractivity contribution in [3.63, 3.8) is 0 Å². The lowest BCUT2D eigenvalue weighted by molar-refractivity contribution is -0.123. The molecule has 1 fully saturated rings. The number of carbonyl (C=O) groups excluding carboxylic acids is 1. The molecule has 1 aromatic rings. The molecule has 1 aliphatic carbocycles. The number of amides is 1. The molecular formula is C14H19NO2S2. The lowest BCUT2D eigenvalue weighted by Crippen LogP contribution is -2.50. The van der Waals surface area contributed by atoms with Gasteiger partial charge in [0, 0.05) is 4.88 Å². The Balaban J connectivity index is 1.75. The molecule has 2 heterocycles. The second-order valence-corrected chi connectivity index (χ2v) is 7.65. The molecule has 3 rings (SSSR count). The highest BCUT2D eigenvalue weighted by Gasteiger charge is 2.38. The first-order valence-electron chi connectivity index (χ1n) is 6.85. The smallest absolute Gasteiger partial charge is 0.238 e. The minimum Gasteiger partial charge on any atom is -0.394 e. The number of aliphatic hydroxyl groups is 1. The zero-order chi connectivity index (χ0) is 13.3. The Kier molecular flexibility index (Phi) is 3.87. The Bertz CT molecular complexity index is 466. The molecule has 0 saturated heterocycles. The third-order valence-corrected chi connectivity index (χ3v) is 6.40. The summed E-state index contributed by atoms with van der Waals surface area (Å²) in [6.07, 6.45) is 5.09. The zero-order valence-corrected chi connectivity index (χ0v) is 12.5. The van der Waals surface area contributed by atoms with Crippen LogP contribution in [0.4, 0.5) is 0 Å². The van der Waals surface area contributed by atoms with Gasteiger partial charge in [-0.05, 0) is 42.0 Å². The highest BCUT2D eigenvalue weighted by atomic mass is 32.2. The Hall–Kier alpha value is -0.520. The molecule has 1 saturated carbocycles. The van der Waals surface area contributed by atoms with Gasteiger partial charge in [-0.2, -0.15) is 0 Å². The van der Waals surface area contributed by atoms with E-state index in [0.717, 1.165) is 37.9 Å². The first-order chi connectivity index (χ1) is 9.24. The van der Waals surface area contributed by atoms with E-state index in [1.54, 1.807) is 23.1 Å². The lowest BCUT2D eigenvalue weighted by Gasteiger charge is -2.31. The number of nitrogens with one attached hydrogen (secondary N) is 1. The van der Waals surface area contributed by atoms with Gasteiger partial charge in [-0.15, -0.1) is 23.1 Å². The summed E-state index contributed by atoms with van der Waals surface area (Å²) in [7, 11) is 0. The van der Waals surface area contributed by atoms with Crippen LogP contribution in [-0.2, 0) is 11.2 Å². The van der Waals surface area contributed by atoms with Gasteiger partial charge < -0.3 is 10.4 Å². The second kappa shape index (κ2) is 5.46. The summed E-state index contributed by atoms with van der Waals surface area (Å²) < 4.78 is 0. The molecule has 0 aromatic carbocycles. The molecule has 1 unspecified atom stereocenters. The van der Waals surface area contributed by atoms with Crippen molar-refractivity contribution >= 4 is 29.0 Å². The standard InChI is InChI=1S/C14H19NO2S2/c16-9-14(5-1-2-6-14)15-13(17)12-10-3-7-18-11(10)4-8-19-12/h3,7,12,16H,1-2,4-6,8-9H2,(H,15,17). The summed E-state index contributed by atoms with van der Waals surface area (Å²) in [5.74, 6) is 1.10. The van der Waals surface area contributed by atoms with Crippen molar-refractivity contribution < 1.29 is 9.90 Å². The maximum absolute atomic E-state index is 12.5. The summed E-state index contributed by atoms with van der Waals surface area (Å²) in [5.41, 5.74) is 0.829. The molecule has 1 aromatic heterocycles. The van der Waals surface area contributed by atoms with Crippen molar-refractivity contribution in [1.29, 1.82) is 0 Å². The number of hydrogen-bond donors (Lipinski definition) is 2. The molecule has 2 aliphatic rings. The minimum atomic E-state index is -0.356. The van der Waals surface area contributed by atoms with E-state index in [9.17, 15) is 9.90 Å². The first kappa shape index (κ1) is 13.5. The number of fused-ring (bicyclic) bond motifs is 1. The normalized spacial score (nSPS) is 25.0. The number of thioether (sulfide) groups is 1. The van der Waals surface area contributed by atoms with Crippen molar-refractivity contribution in [2.75, 3.05) is 12.4 Å². The summed E-state index contributed by atoms with van der Waals surface area (Å²) in [5, 5.41) is 14.7. The average molecular weight is 297 g/mol. The van der Waals surface area contributed by atoms with Gasteiger partial charge in [0.1, 0.15) is 5.25 Å². The van der Waals surface area contributed by atoms with Crippen LogP contribution in [0.1, 0.15) is 41.4 Å². The molecule has 5 heteroatoms. The molecule has 104 valence electrons. The number of aryl methyl sites for hydroxylation is 1. The molecule has 1 amide bonds. The van der Waals surface area contributed by atoms with E-state index in [-0.39, 0.29) is 23.3 Å². The predicted octanol–water partition coefficient (Wildman–Crippen LogP) is 2.50. The maximum atomic E-state index is 12.5. The van der Waals surface area contributed by atoms with Gasteiger partial charge >= 0.3 is 0 Å². The van der Waals surface area contributed by atoms with Crippen LogP contribution in [0.5, 0.6) is 0 Å². The fourth-order valence-electron chi connectivity index (χ4n) is 3.06. The Labute approximate surface area is 121 Å². The van der Waals surface area contributed by atoms with E-state index in [0.29, 0.717) is 0 Å². The van der Waals surface area contributed by atoms with E-state index in [2.05, 4.69) is 16.8 Å². The molecule has 0 spiro atoms. The quantitative estimate of drug-likeness (QED) is 0.901. The summed E-state index contributed by atoms with van der Waals surface area (Å²) in [6, 6.07) is 2.08. The molecule has 0 radical (unpaired) electrons. The Morgan fingerprint density at radius 3 is 3.00 bits per heavy atom. The van der Waals surface area contributed by atoms with Crippen LogP contribution in [0.15, 0.2) is 11.4 Å². The molecule has 1 aliphatic heterocycles. The van der Waals surface area contributed by atoms with Crippen LogP contribution in [0.3, 0.4) is 0 Å². The monoisotopic (exact) mass is 297 g/mol. The highest BCUT2D eigenvalue weighted by Crippen LogP contribution is 2.40. The van der Waals surface area contributed by atoms with Crippen molar-refractivity contribution in [2.45, 2.75) is 42.9 Å². The highest BCUT2D eigenvalue weighted by molar-refractivity contribution is 8.00. The first-order valence-corrected chi connectivity index (χ1v) is 8.78. The average Bonchev–Trinajstić information content (AvgIpc) is 3.06. The van der Waals surface area contributed by atoms with Crippen LogP contribution >= 0.6 is 23.1 Å². The van der Waals surface area contributed by atoms with Crippen molar-refractivity contribution in [3.05, 3.63) is 21.9 Å². The van der Waals surface area contributed by atoms with E-state index in [1.165, 1.54) is 10.4 Å². The lowest BCUT2D eigenvalue weighted by atomic mass is 9.98. The largest absolute Gasteiger partial charge is 0.394 e. The molecular weight excluding hydrogens is 278 g/mol. The van der Waals surface area contributed by atoms with Gasteiger partial charge in [-0.1, -0.05) is 12.8 Å². The van der Waals surface area contributed by atoms with Crippen LogP contribution in [0.25, 0.3) is 0 Å². The number of hydrogen-bond acceptors (Lipinski definition) is 4. The third-order valence-electron chi connectivity index (χ3n) is 4.17. The van der Waals surface area contributed by atoms with Crippen molar-refractivity contribution in [1.82, 2.24) is 5.32 Å². The minimum absolute atomic E-state index is 0.0621. The van der Waals surface area contributed by atoms with Crippen LogP contribution in [-0.4, -0.2) is 28.9 Å². The van der Waals surface area contributed by atoms with Gasteiger partial charge in [0.05, 0.1) is 12.1 Å². The zero-order valence-electron chi connectivity index (χ0n) is 10.9. The Morgan fingerprint density at radius 1 is 1.47 bits per heavy atom. The van der Waals surface area contributed by atoms with Crippen LogP contribution in [0.2, 0.25) is 0 Å². The van der Waals surface area contributed by atoms with Gasteiger partial charge in [0.15, 0.2) is 0 Å². The van der Waals surface area contributed by atoms with Crippen LogP contribution < -0.4 is 5.32 Å². The predicted molar refractivity (Wildman–Crippen MR) is 79.6 cm³/mol. The van der Waals surface area contributed by atoms with Crippen molar-refractivity contribution in [2.24, 2.45) is 0 Å². The Morgan fingerprint density at radius 2 is 2.26 bits per heavy atom. The van der Waals surface area contributed by atoms with Gasteiger partial charge in [-0.3, -0.25) is 4.79 Å². The second-order valence-electron chi connectivity index (χ2n) is 5.43. The molecule has 3 nitrogen and oxygen atoms in total. The van der Waals surface area contributed by atoms with Crippen LogP contribution in [0, 0.1) is 0 Å². The van der Waals surface area contributed by atoms with E-state index in [4.69, 9.17) is 0 Å². The van der Waals surface area contributed by atoms with E-state index >= 15 is 0 Å². The van der Waals surface area contributed by atoms with Gasteiger partial charge in [0.25, 0.3) is 0 Å². The third kappa shape index (κ3) is 2.56. The maximum Gasteiger partial charge on any atom is 0.238 e. The van der Waals surface area contributed by atoms with Crippen molar-refractivity contribution in [3.8, 4) is 0 Å². The fraction of sp³-hybridized carbons (Fsp3) is 0.643. The SMILES string of the molecule is O=C(NC1(CO)CCCC1)C1SCCc2sccc21. The van der Waals surface area contributed by atoms with E-state index < -0.39 is 0 Å². The number of aliphatic hydroxyl groups excluding tert-OH is 1. The summed E-state index contributed by atoms with van der Waals surface area (Å²) >= 11 is 3.48. The van der Waals surface area contributed by atoms with E-state index in [1.807, 2.05) is 0 Å². The summed E-state index contributed by atoms with van der Waals surface area (Å²) in [4.78, 5) is 13.9. The van der Waals surface area contributed by atoms with Gasteiger partial charge in [0.2, 0.25) is 5.91 Å². The molecule has 2 N–H and O–H groups in total. The van der Waals surface area contributed by atoms with Gasteiger partial charge in [-0.25, -0.2) is 0 Å². The number of thiophene rings is 1. The molecule has 19 heavy (non-hydrogen) atoms.